The molecule has 4 nitrogen and oxygen atoms in total. The molecular weight excluding hydrogens is 380 g/mol. The lowest BCUT2D eigenvalue weighted by atomic mass is 9.73. The van der Waals surface area contributed by atoms with Gasteiger partial charge in [-0.05, 0) is 47.5 Å². The maximum absolute atomic E-state index is 8.08. The first-order valence-electron chi connectivity index (χ1n) is 10.4. The van der Waals surface area contributed by atoms with Crippen LogP contribution in [-0.2, 0) is 5.41 Å². The molecule has 3 aromatic rings. The average Bonchev–Trinajstić information content (AvgIpc) is 2.80. The van der Waals surface area contributed by atoms with Crippen molar-refractivity contribution in [2.75, 3.05) is 10.3 Å². The molecule has 0 amide bonds. The zero-order valence-corrected chi connectivity index (χ0v) is 17.6. The number of allylic oxidation sites excluding steroid dienone is 4. The van der Waals surface area contributed by atoms with Gasteiger partial charge in [0.05, 0.1) is 28.5 Å². The van der Waals surface area contributed by atoms with E-state index in [2.05, 4.69) is 83.9 Å². The number of rotatable bonds is 3. The molecule has 0 radical (unpaired) electrons. The van der Waals surface area contributed by atoms with Crippen LogP contribution < -0.4 is 10.3 Å². The first kappa shape index (κ1) is 19.1. The van der Waals surface area contributed by atoms with Crippen molar-refractivity contribution in [3.05, 3.63) is 108 Å². The lowest BCUT2D eigenvalue weighted by Crippen LogP contribution is -2.30. The SMILES string of the molecule is CC1(C)c2ccccc2N(c2ccccc2N/N=C2/C=CC=CC2=N)c2ccccc21. The summed E-state index contributed by atoms with van der Waals surface area (Å²) in [5.41, 5.74) is 10.9. The maximum Gasteiger partial charge on any atom is 0.108 e. The zero-order chi connectivity index (χ0) is 21.4. The van der Waals surface area contributed by atoms with Crippen LogP contribution in [-0.4, -0.2) is 11.4 Å². The van der Waals surface area contributed by atoms with E-state index in [-0.39, 0.29) is 5.41 Å². The molecule has 2 N–H and O–H groups in total. The first-order valence-corrected chi connectivity index (χ1v) is 10.4. The Labute approximate surface area is 182 Å². The molecule has 0 aromatic heterocycles. The molecule has 0 unspecified atom stereocenters. The second kappa shape index (κ2) is 7.40. The number of nitrogens with one attached hydrogen (secondary N) is 2. The van der Waals surface area contributed by atoms with E-state index in [1.807, 2.05) is 36.4 Å². The number of hydrazone groups is 1. The van der Waals surface area contributed by atoms with Crippen molar-refractivity contribution < 1.29 is 0 Å². The van der Waals surface area contributed by atoms with Gasteiger partial charge in [0.25, 0.3) is 0 Å². The van der Waals surface area contributed by atoms with Gasteiger partial charge in [0.2, 0.25) is 0 Å². The van der Waals surface area contributed by atoms with Crippen molar-refractivity contribution in [2.45, 2.75) is 19.3 Å². The van der Waals surface area contributed by atoms with Gasteiger partial charge in [-0.15, -0.1) is 0 Å². The van der Waals surface area contributed by atoms with Gasteiger partial charge < -0.3 is 4.90 Å². The van der Waals surface area contributed by atoms with Gasteiger partial charge in [0.15, 0.2) is 0 Å². The number of nitrogens with zero attached hydrogens (tertiary/aromatic N) is 2. The second-order valence-corrected chi connectivity index (χ2v) is 8.25. The molecule has 2 aliphatic rings. The summed E-state index contributed by atoms with van der Waals surface area (Å²) in [5.74, 6) is 0. The Morgan fingerprint density at radius 1 is 0.742 bits per heavy atom. The highest BCUT2D eigenvalue weighted by atomic mass is 15.3. The van der Waals surface area contributed by atoms with Crippen molar-refractivity contribution in [1.82, 2.24) is 0 Å². The third-order valence-corrected chi connectivity index (χ3v) is 5.98. The van der Waals surface area contributed by atoms with Crippen molar-refractivity contribution in [3.63, 3.8) is 0 Å². The molecule has 3 aromatic carbocycles. The summed E-state index contributed by atoms with van der Waals surface area (Å²) in [5, 5.41) is 12.6. The van der Waals surface area contributed by atoms with E-state index >= 15 is 0 Å². The topological polar surface area (TPSA) is 51.5 Å². The second-order valence-electron chi connectivity index (χ2n) is 8.25. The molecule has 0 bridgehead atoms. The van der Waals surface area contributed by atoms with Crippen molar-refractivity contribution in [2.24, 2.45) is 5.10 Å². The van der Waals surface area contributed by atoms with Crippen LogP contribution in [0.3, 0.4) is 0 Å². The number of benzene rings is 3. The molecular formula is C27H24N4. The highest BCUT2D eigenvalue weighted by molar-refractivity contribution is 6.50. The summed E-state index contributed by atoms with van der Waals surface area (Å²) in [6.07, 6.45) is 7.32. The lowest BCUT2D eigenvalue weighted by Gasteiger charge is -2.42. The van der Waals surface area contributed by atoms with Crippen molar-refractivity contribution >= 4 is 34.2 Å². The highest BCUT2D eigenvalue weighted by Crippen LogP contribution is 2.52. The Kier molecular flexibility index (Phi) is 4.55. The Morgan fingerprint density at radius 2 is 1.29 bits per heavy atom. The van der Waals surface area contributed by atoms with Gasteiger partial charge in [-0.2, -0.15) is 5.10 Å². The predicted octanol–water partition coefficient (Wildman–Crippen LogP) is 6.71. The van der Waals surface area contributed by atoms with Crippen LogP contribution in [0.15, 0.2) is 102 Å². The number of hydrogen-bond acceptors (Lipinski definition) is 4. The standard InChI is InChI=1S/C27H24N4/c1-27(2)19-11-3-8-16-24(19)31(25-17-9-4-12-20(25)27)26-18-10-7-15-23(26)30-29-22-14-6-5-13-21(22)28/h3-18,28,30H,1-2H3/b28-21?,29-22-. The van der Waals surface area contributed by atoms with Gasteiger partial charge in [-0.1, -0.05) is 74.5 Å². The summed E-state index contributed by atoms with van der Waals surface area (Å²) in [4.78, 5) is 2.31. The van der Waals surface area contributed by atoms with Gasteiger partial charge in [-0.3, -0.25) is 10.8 Å². The molecule has 4 heteroatoms. The fourth-order valence-corrected chi connectivity index (χ4v) is 4.38. The first-order chi connectivity index (χ1) is 15.1. The predicted molar refractivity (Wildman–Crippen MR) is 130 cm³/mol. The lowest BCUT2D eigenvalue weighted by molar-refractivity contribution is 0.632. The minimum atomic E-state index is -0.0966. The molecule has 0 saturated heterocycles. The van der Waals surface area contributed by atoms with Crippen LogP contribution in [0.25, 0.3) is 0 Å². The number of anilines is 4. The summed E-state index contributed by atoms with van der Waals surface area (Å²) >= 11 is 0. The molecule has 152 valence electrons. The molecule has 1 aliphatic carbocycles. The normalized spacial score (nSPS) is 17.4. The minimum Gasteiger partial charge on any atom is -0.308 e. The molecule has 0 saturated carbocycles. The third-order valence-electron chi connectivity index (χ3n) is 5.98. The fraction of sp³-hybridized carbons (Fsp3) is 0.111. The van der Waals surface area contributed by atoms with Gasteiger partial charge in [-0.25, -0.2) is 0 Å². The van der Waals surface area contributed by atoms with Crippen LogP contribution in [0.4, 0.5) is 22.7 Å². The van der Waals surface area contributed by atoms with Crippen LogP contribution in [0, 0.1) is 5.41 Å². The van der Waals surface area contributed by atoms with Gasteiger partial charge >= 0.3 is 0 Å². The van der Waals surface area contributed by atoms with E-state index in [9.17, 15) is 0 Å². The molecule has 0 fully saturated rings. The maximum atomic E-state index is 8.08. The van der Waals surface area contributed by atoms with Crippen molar-refractivity contribution in [3.8, 4) is 0 Å². The van der Waals surface area contributed by atoms with E-state index in [0.717, 1.165) is 11.4 Å². The van der Waals surface area contributed by atoms with Gasteiger partial charge in [0.1, 0.15) is 5.71 Å². The van der Waals surface area contributed by atoms with Crippen molar-refractivity contribution in [1.29, 1.82) is 5.41 Å². The quantitative estimate of drug-likeness (QED) is 0.376. The van der Waals surface area contributed by atoms with E-state index in [1.54, 1.807) is 6.08 Å². The van der Waals surface area contributed by atoms with Crippen LogP contribution >= 0.6 is 0 Å². The Morgan fingerprint density at radius 3 is 1.94 bits per heavy atom. The molecule has 5 rings (SSSR count). The fourth-order valence-electron chi connectivity index (χ4n) is 4.38. The number of hydrogen-bond donors (Lipinski definition) is 2. The number of para-hydroxylation sites is 4. The number of fused-ring (bicyclic) bond motifs is 2. The molecule has 0 atom stereocenters. The Bertz CT molecular complexity index is 1210. The molecule has 1 heterocycles. The smallest absolute Gasteiger partial charge is 0.108 e. The van der Waals surface area contributed by atoms with E-state index in [0.29, 0.717) is 11.4 Å². The monoisotopic (exact) mass is 404 g/mol. The van der Waals surface area contributed by atoms with Gasteiger partial charge in [0, 0.05) is 5.41 Å². The third kappa shape index (κ3) is 3.17. The highest BCUT2D eigenvalue weighted by Gasteiger charge is 2.36. The van der Waals surface area contributed by atoms with E-state index in [1.165, 1.54) is 22.5 Å². The molecule has 1 aliphatic heterocycles. The molecule has 31 heavy (non-hydrogen) atoms. The minimum absolute atomic E-state index is 0.0966. The van der Waals surface area contributed by atoms with E-state index < -0.39 is 0 Å². The summed E-state index contributed by atoms with van der Waals surface area (Å²) in [6.45, 7) is 4.57. The Balaban J connectivity index is 1.65. The summed E-state index contributed by atoms with van der Waals surface area (Å²) in [6, 6.07) is 25.4. The zero-order valence-electron chi connectivity index (χ0n) is 17.6. The van der Waals surface area contributed by atoms with Crippen LogP contribution in [0.1, 0.15) is 25.0 Å². The largest absolute Gasteiger partial charge is 0.308 e. The van der Waals surface area contributed by atoms with E-state index in [4.69, 9.17) is 5.41 Å². The van der Waals surface area contributed by atoms with Crippen LogP contribution in [0.2, 0.25) is 0 Å². The Hall–Kier alpha value is -3.92. The summed E-state index contributed by atoms with van der Waals surface area (Å²) < 4.78 is 0. The summed E-state index contributed by atoms with van der Waals surface area (Å²) in [7, 11) is 0. The molecule has 0 spiro atoms. The van der Waals surface area contributed by atoms with Crippen LogP contribution in [0.5, 0.6) is 0 Å². The average molecular weight is 405 g/mol.